The third-order valence-corrected chi connectivity index (χ3v) is 28.5. The van der Waals surface area contributed by atoms with E-state index in [1.807, 2.05) is 104 Å². The highest BCUT2D eigenvalue weighted by Crippen LogP contribution is 2.41. The van der Waals surface area contributed by atoms with E-state index in [-0.39, 0.29) is 66.3 Å². The van der Waals surface area contributed by atoms with Crippen LogP contribution in [-0.2, 0) is 113 Å². The van der Waals surface area contributed by atoms with Gasteiger partial charge in [0.1, 0.15) is 65.5 Å². The van der Waals surface area contributed by atoms with Crippen LogP contribution in [0, 0.1) is 41.4 Å². The molecule has 0 radical (unpaired) electrons. The van der Waals surface area contributed by atoms with Crippen LogP contribution >= 0.6 is 0 Å². The summed E-state index contributed by atoms with van der Waals surface area (Å²) in [5.41, 5.74) is 22.2. The summed E-state index contributed by atoms with van der Waals surface area (Å²) < 4.78 is 60.4. The smallest absolute Gasteiger partial charge is 0.329 e. The van der Waals surface area contributed by atoms with E-state index < -0.39 is 102 Å². The lowest BCUT2D eigenvalue weighted by molar-refractivity contribution is -0.265. The average molecular weight is 1950 g/mol. The van der Waals surface area contributed by atoms with Gasteiger partial charge in [-0.15, -0.1) is 0 Å². The maximum absolute atomic E-state index is 14.8. The lowest BCUT2D eigenvalue weighted by Crippen LogP contribution is -2.61. The summed E-state index contributed by atoms with van der Waals surface area (Å²) in [6.07, 6.45) is 21.4. The predicted molar refractivity (Wildman–Crippen MR) is 529 cm³/mol. The number of Topliss-reactive ketones (excluding diaryl/α,β-unsaturated/α-hetero) is 4. The molecule has 1 saturated carbocycles. The number of carbonyl (C=O) groups is 8. The molecule has 5 aliphatic heterocycles. The van der Waals surface area contributed by atoms with Crippen LogP contribution in [0.1, 0.15) is 184 Å². The van der Waals surface area contributed by atoms with Gasteiger partial charge in [0.15, 0.2) is 17.2 Å². The number of aryl methyl sites for hydroxylation is 1. The number of likely N-dealkylation sites (N-methyl/N-ethyl adjacent to an activating group) is 1. The number of nitrogen functional groups attached to an aromatic ring is 2. The van der Waals surface area contributed by atoms with Gasteiger partial charge in [0, 0.05) is 146 Å². The molecule has 6 aromatic heterocycles. The van der Waals surface area contributed by atoms with Gasteiger partial charge in [-0.05, 0) is 181 Å². The number of nitrogens with two attached hydrogens (primary N) is 2. The van der Waals surface area contributed by atoms with E-state index >= 15 is 0 Å². The van der Waals surface area contributed by atoms with Crippen molar-refractivity contribution in [3.8, 4) is 11.3 Å². The first-order chi connectivity index (χ1) is 67.9. The molecule has 1 unspecified atom stereocenters. The number of methoxy groups -OCH3 is 3. The normalized spacial score (nSPS) is 27.0. The van der Waals surface area contributed by atoms with Gasteiger partial charge in [-0.1, -0.05) is 89.3 Å². The third-order valence-electron chi connectivity index (χ3n) is 28.5. The summed E-state index contributed by atoms with van der Waals surface area (Å²) >= 11 is 0. The van der Waals surface area contributed by atoms with E-state index in [1.165, 1.54) is 37.0 Å². The summed E-state index contributed by atoms with van der Waals surface area (Å²) in [5.74, 6) is -7.74. The van der Waals surface area contributed by atoms with Gasteiger partial charge >= 0.3 is 11.9 Å². The van der Waals surface area contributed by atoms with Crippen LogP contribution in [-0.4, -0.2) is 298 Å². The number of H-pyrrole nitrogens is 1. The number of carbonyl (C=O) groups excluding carboxylic acids is 8. The maximum Gasteiger partial charge on any atom is 0.329 e. The average Bonchev–Trinajstić information content (AvgIpc) is 1.75. The Morgan fingerprint density at radius 3 is 2.16 bits per heavy atom. The van der Waals surface area contributed by atoms with Crippen LogP contribution in [0.2, 0.25) is 0 Å². The molecule has 141 heavy (non-hydrogen) atoms. The zero-order chi connectivity index (χ0) is 101. The maximum atomic E-state index is 14.8. The Hall–Kier alpha value is -11.1. The van der Waals surface area contributed by atoms with Gasteiger partial charge in [-0.2, -0.15) is 10.1 Å². The molecule has 16 atom stereocenters. The molecule has 2 aliphatic carbocycles. The number of benzene rings is 1. The molecule has 2 bridgehead atoms. The monoisotopic (exact) mass is 1950 g/mol. The lowest BCUT2D eigenvalue weighted by Gasteiger charge is -2.42. The summed E-state index contributed by atoms with van der Waals surface area (Å²) in [7, 11) is 6.43. The quantitative estimate of drug-likeness (QED) is 0.00834. The number of amides is 2. The van der Waals surface area contributed by atoms with Crippen molar-refractivity contribution in [1.29, 1.82) is 0 Å². The zero-order valence-corrected chi connectivity index (χ0v) is 83.7. The summed E-state index contributed by atoms with van der Waals surface area (Å²) in [4.78, 5) is 153. The molecule has 2 amide bonds. The molecule has 4 fully saturated rings. The highest BCUT2D eigenvalue weighted by atomic mass is 16.6. The number of pyridine rings is 1. The van der Waals surface area contributed by atoms with Crippen molar-refractivity contribution in [2.45, 2.75) is 232 Å². The number of nitrogens with one attached hydrogen (secondary N) is 2. The van der Waals surface area contributed by atoms with E-state index in [0.717, 1.165) is 57.5 Å². The fourth-order valence-electron chi connectivity index (χ4n) is 20.0. The van der Waals surface area contributed by atoms with E-state index in [1.54, 1.807) is 47.3 Å². The summed E-state index contributed by atoms with van der Waals surface area (Å²) in [5, 5.41) is 33.4. The van der Waals surface area contributed by atoms with Crippen LogP contribution in [0.5, 0.6) is 0 Å². The molecule has 11 heterocycles. The Morgan fingerprint density at radius 2 is 1.44 bits per heavy atom. The number of piperazine rings is 1. The number of allylic oxidation sites excluding steroid dienone is 6. The van der Waals surface area contributed by atoms with Crippen molar-refractivity contribution < 1.29 is 95.9 Å². The molecule has 37 heteroatoms. The molecule has 7 aromatic rings. The standard InChI is InChI=1S/C70H100N8O15.C34H43N9O5/c1-40-17-13-12-14-18-41(2)57(88-9)36-51-23-20-46(7)70(87,93-51)63(83)65(84)78-26-16-15-19-54(78)67(86)92-58(37-55(80)42(3)32-45(6)61(82)62(90-11)60(81)44(5)31-40)43(4)33-48-21-25-56(59(34-48)89-10)91-66(85)49-22-24-53-50(35-49)38-72-68(74-53)76-27-29-77(30-28-76)69-73-39-52(47(8)79)64(71)75-69;1-36-8-11-46-13-15-48-17-16-47-14-12-45-10-6-29(44)42-9-5-25-18-24(2-3-27(25)22-42)21-43-34-30(32(35)39-23-40-34)31(41-43)28-19-26-4-7-37-33(26)38-20-28/h12-14,17-18,32,38-40,42-44,46,48-49,51,54,56-59,61-62,82,87H,15-16,19-31,33-37H2,1-11H3,(H2,71,73,75);2-4,7,18-20,23,36H,5-6,8-17,21-22H2,1H3,(H,37,38)(H2,35,39,40)/b14-12+,17-13+,41-18+,45-32+;/t40-,42-,43-,44-,46-,48+,49?,51+,54+,56-,57+,58+,59-,61-,62+,70-;/m1./s1. The van der Waals surface area contributed by atoms with Crippen molar-refractivity contribution in [2.75, 3.05) is 148 Å². The number of anilines is 4. The number of aliphatic hydroxyl groups excluding tert-OH is 1. The highest BCUT2D eigenvalue weighted by Gasteiger charge is 2.54. The number of aromatic nitrogens is 10. The Kier molecular flexibility index (Phi) is 38.9. The third kappa shape index (κ3) is 27.9. The second kappa shape index (κ2) is 51.2. The largest absolute Gasteiger partial charge is 0.460 e. The molecule has 7 aliphatic rings. The number of ether oxygens (including phenoxy) is 10. The van der Waals surface area contributed by atoms with Gasteiger partial charge in [-0.3, -0.25) is 33.6 Å². The number of hydrogen-bond acceptors (Lipinski definition) is 33. The Labute approximate surface area is 824 Å². The zero-order valence-electron chi connectivity index (χ0n) is 83.7. The molecule has 764 valence electrons. The van der Waals surface area contributed by atoms with Crippen LogP contribution in [0.15, 0.2) is 109 Å². The number of piperidine rings is 1. The first-order valence-electron chi connectivity index (χ1n) is 49.9. The Balaban J connectivity index is 0.000000290. The first kappa shape index (κ1) is 107. The molecule has 1 aromatic carbocycles. The van der Waals surface area contributed by atoms with Crippen molar-refractivity contribution in [3.05, 3.63) is 143 Å². The number of nitrogens with zero attached hydrogens (tertiary/aromatic N) is 13. The van der Waals surface area contributed by atoms with Crippen LogP contribution in [0.25, 0.3) is 33.3 Å². The van der Waals surface area contributed by atoms with Crippen LogP contribution in [0.4, 0.5) is 23.5 Å². The predicted octanol–water partition coefficient (Wildman–Crippen LogP) is 9.79. The van der Waals surface area contributed by atoms with Gasteiger partial charge in [0.2, 0.25) is 23.6 Å². The molecule has 37 nitrogen and oxygen atoms in total. The summed E-state index contributed by atoms with van der Waals surface area (Å²) in [6, 6.07) is 9.21. The number of cyclic esters (lactones) is 1. The van der Waals surface area contributed by atoms with Crippen LogP contribution < -0.4 is 26.6 Å². The summed E-state index contributed by atoms with van der Waals surface area (Å²) in [6.45, 7) is 23.2. The van der Waals surface area contributed by atoms with Crippen molar-refractivity contribution >= 4 is 92.5 Å². The number of rotatable bonds is 29. The Bertz CT molecular complexity index is 5580. The molecular weight excluding hydrogens is 1810 g/mol. The first-order valence-corrected chi connectivity index (χ1v) is 49.9. The molecule has 8 N–H and O–H groups in total. The van der Waals surface area contributed by atoms with Gasteiger partial charge in [-0.25, -0.2) is 39.4 Å². The lowest BCUT2D eigenvalue weighted by atomic mass is 9.78. The van der Waals surface area contributed by atoms with Crippen LogP contribution in [0.3, 0.4) is 0 Å². The minimum atomic E-state index is -2.47. The second-order valence-corrected chi connectivity index (χ2v) is 38.7. The van der Waals surface area contributed by atoms with Gasteiger partial charge in [0.25, 0.3) is 11.7 Å². The number of ketones is 4. The SMILES string of the molecule is CNCCOCCOCCOCCOCCC(=O)N1CCc2cc(Cn3nc(-c4cnc5[nH]ccc5c4)c4c(N)ncnc43)ccc2C1.CO[C@H]1C[C@@H]2CC[C@@H](C)[C@@](O)(O2)C(=O)C(=O)N2CCCC[C@H]2C(=O)O[C@H]([C@H](C)C[C@@H]2CC[C@@H](OC(=O)C3CCc4nc(N5CCN(c6ncc(C(C)=O)c(N)n6)CC5)ncc4C3)[C@H](OC)C2)CC(=O)[C@H](C)/C=C(\C)[C@@H](O)[C@@H](OC)C(=O)[C@H](C)C[C@H](C)/C=C/C=C/C=C/1C. The number of fused-ring (bicyclic) bond motifs is 7. The highest BCUT2D eigenvalue weighted by molar-refractivity contribution is 6.39. The number of hydrogen-bond donors (Lipinski definition) is 6. The van der Waals surface area contributed by atoms with E-state index in [2.05, 4.69) is 58.3 Å². The van der Waals surface area contributed by atoms with Crippen molar-refractivity contribution in [3.63, 3.8) is 0 Å². The molecule has 3 saturated heterocycles. The minimum Gasteiger partial charge on any atom is -0.460 e. The van der Waals surface area contributed by atoms with E-state index in [9.17, 15) is 48.6 Å². The molecule has 14 rings (SSSR count). The van der Waals surface area contributed by atoms with Gasteiger partial charge < -0.3 is 98.9 Å². The minimum absolute atomic E-state index is 0.00591. The molecular formula is C104H143N17O20. The van der Waals surface area contributed by atoms with Gasteiger partial charge in [0.05, 0.1) is 101 Å². The van der Waals surface area contributed by atoms with Crippen molar-refractivity contribution in [2.24, 2.45) is 41.4 Å². The van der Waals surface area contributed by atoms with Crippen molar-refractivity contribution in [1.82, 2.24) is 64.8 Å². The molecule has 0 spiro atoms. The fraction of sp³-hybridized carbons (Fsp3) is 0.596. The Morgan fingerprint density at radius 1 is 0.709 bits per heavy atom. The fourth-order valence-corrected chi connectivity index (χ4v) is 20.0. The van der Waals surface area contributed by atoms with E-state index in [4.69, 9.17) is 73.9 Å². The number of aliphatic hydroxyl groups is 2. The topological polar surface area (TPSA) is 470 Å². The number of aromatic amines is 1. The van der Waals surface area contributed by atoms with E-state index in [0.29, 0.717) is 234 Å². The second-order valence-electron chi connectivity index (χ2n) is 38.7. The number of esters is 2.